The number of rotatable bonds is 4. The number of piperidine rings is 1. The molecule has 0 bridgehead atoms. The number of hydrogen-bond donors (Lipinski definition) is 1. The molecule has 1 aliphatic heterocycles. The van der Waals surface area contributed by atoms with Gasteiger partial charge in [-0.2, -0.15) is 9.78 Å². The van der Waals surface area contributed by atoms with Gasteiger partial charge < -0.3 is 0 Å². The zero-order valence-corrected chi connectivity index (χ0v) is 15.4. The second kappa shape index (κ2) is 7.09. The molecule has 0 spiro atoms. The molecular weight excluding hydrogens is 352 g/mol. The Bertz CT molecular complexity index is 941. The van der Waals surface area contributed by atoms with E-state index in [1.807, 2.05) is 24.0 Å². The number of hydrogen-bond acceptors (Lipinski definition) is 4. The average Bonchev–Trinajstić information content (AvgIpc) is 3.22. The molecule has 0 amide bonds. The molecule has 3 heterocycles. The minimum atomic E-state index is -0.217. The first-order valence-electron chi connectivity index (χ1n) is 8.74. The first kappa shape index (κ1) is 17.1. The third-order valence-corrected chi connectivity index (χ3v) is 5.16. The van der Waals surface area contributed by atoms with Crippen LogP contribution in [0.2, 0.25) is 5.02 Å². The molecule has 3 aromatic rings. The molecule has 1 fully saturated rings. The quantitative estimate of drug-likeness (QED) is 0.763. The minimum absolute atomic E-state index is 0.217. The van der Waals surface area contributed by atoms with Crippen molar-refractivity contribution >= 4 is 11.6 Å². The van der Waals surface area contributed by atoms with Gasteiger partial charge in [-0.25, -0.2) is 4.79 Å². The Morgan fingerprint density at radius 1 is 1.27 bits per heavy atom. The summed E-state index contributed by atoms with van der Waals surface area (Å²) in [6.07, 6.45) is 3.93. The van der Waals surface area contributed by atoms with Gasteiger partial charge in [-0.3, -0.25) is 14.6 Å². The lowest BCUT2D eigenvalue weighted by Crippen LogP contribution is -2.35. The maximum Gasteiger partial charge on any atom is 0.348 e. The lowest BCUT2D eigenvalue weighted by Gasteiger charge is -2.31. The molecule has 0 saturated carbocycles. The molecule has 0 aliphatic carbocycles. The molecule has 26 heavy (non-hydrogen) atoms. The number of aromatic amines is 1. The molecule has 8 heteroatoms. The molecule has 2 aromatic heterocycles. The van der Waals surface area contributed by atoms with E-state index < -0.39 is 0 Å². The largest absolute Gasteiger partial charge is 0.348 e. The van der Waals surface area contributed by atoms with Crippen LogP contribution in [0.15, 0.2) is 41.3 Å². The topological polar surface area (TPSA) is 71.7 Å². The predicted octanol–water partition coefficient (Wildman–Crippen LogP) is 2.33. The minimum Gasteiger partial charge on any atom is -0.297 e. The van der Waals surface area contributed by atoms with Gasteiger partial charge in [0, 0.05) is 37.3 Å². The molecule has 0 radical (unpaired) electrons. The average molecular weight is 373 g/mol. The Balaban J connectivity index is 1.52. The summed E-state index contributed by atoms with van der Waals surface area (Å²) in [5.74, 6) is 0.970. The maximum atomic E-state index is 12.3. The fraction of sp³-hybridized carbons (Fsp3) is 0.389. The molecule has 1 saturated heterocycles. The number of likely N-dealkylation sites (tertiary alicyclic amines) is 1. The van der Waals surface area contributed by atoms with Crippen molar-refractivity contribution in [1.82, 2.24) is 29.4 Å². The van der Waals surface area contributed by atoms with Crippen LogP contribution in [0.4, 0.5) is 0 Å². The molecule has 1 aromatic carbocycles. The summed E-state index contributed by atoms with van der Waals surface area (Å²) in [7, 11) is 1.96. The number of nitrogens with zero attached hydrogens (tertiary/aromatic N) is 5. The lowest BCUT2D eigenvalue weighted by molar-refractivity contribution is 0.192. The van der Waals surface area contributed by atoms with Crippen molar-refractivity contribution in [1.29, 1.82) is 0 Å². The zero-order valence-electron chi connectivity index (χ0n) is 14.6. The van der Waals surface area contributed by atoms with Crippen molar-refractivity contribution in [2.45, 2.75) is 25.3 Å². The molecular formula is C18H21ClN6O. The molecule has 7 nitrogen and oxygen atoms in total. The van der Waals surface area contributed by atoms with Crippen molar-refractivity contribution in [2.24, 2.45) is 7.05 Å². The fourth-order valence-electron chi connectivity index (χ4n) is 3.49. The van der Waals surface area contributed by atoms with Gasteiger partial charge in [-0.1, -0.05) is 11.6 Å². The van der Waals surface area contributed by atoms with Gasteiger partial charge in [0.2, 0.25) is 0 Å². The van der Waals surface area contributed by atoms with Gasteiger partial charge >= 0.3 is 5.69 Å². The number of benzene rings is 1. The summed E-state index contributed by atoms with van der Waals surface area (Å²) >= 11 is 5.92. The van der Waals surface area contributed by atoms with Crippen LogP contribution in [0.25, 0.3) is 5.69 Å². The Morgan fingerprint density at radius 2 is 2.08 bits per heavy atom. The van der Waals surface area contributed by atoms with Crippen LogP contribution in [0.5, 0.6) is 0 Å². The number of nitrogens with one attached hydrogen (secondary N) is 1. The number of halogens is 1. The number of aryl methyl sites for hydroxylation is 1. The number of aromatic nitrogens is 5. The summed E-state index contributed by atoms with van der Waals surface area (Å²) in [6, 6.07) is 9.15. The SMILES string of the molecule is Cn1nccc1CN1CCCC(c2nn(-c3ccc(Cl)cc3)c(=O)[nH]2)C1. The Hall–Kier alpha value is -2.38. The van der Waals surface area contributed by atoms with Crippen molar-refractivity contribution < 1.29 is 0 Å². The summed E-state index contributed by atoms with van der Waals surface area (Å²) < 4.78 is 3.31. The summed E-state index contributed by atoms with van der Waals surface area (Å²) in [5.41, 5.74) is 1.68. The van der Waals surface area contributed by atoms with Gasteiger partial charge in [0.15, 0.2) is 0 Å². The molecule has 1 unspecified atom stereocenters. The molecule has 1 aliphatic rings. The number of H-pyrrole nitrogens is 1. The van der Waals surface area contributed by atoms with E-state index in [1.54, 1.807) is 24.3 Å². The Morgan fingerprint density at radius 3 is 2.81 bits per heavy atom. The van der Waals surface area contributed by atoms with Crippen LogP contribution < -0.4 is 5.69 Å². The van der Waals surface area contributed by atoms with Crippen molar-refractivity contribution in [2.75, 3.05) is 13.1 Å². The zero-order chi connectivity index (χ0) is 18.1. The summed E-state index contributed by atoms with van der Waals surface area (Å²) in [6.45, 7) is 2.78. The smallest absolute Gasteiger partial charge is 0.297 e. The lowest BCUT2D eigenvalue weighted by atomic mass is 9.97. The second-order valence-corrected chi connectivity index (χ2v) is 7.16. The van der Waals surface area contributed by atoms with Gasteiger partial charge in [-0.05, 0) is 49.7 Å². The van der Waals surface area contributed by atoms with Gasteiger partial charge in [0.1, 0.15) is 5.82 Å². The Kier molecular flexibility index (Phi) is 4.65. The van der Waals surface area contributed by atoms with E-state index >= 15 is 0 Å². The van der Waals surface area contributed by atoms with Crippen LogP contribution in [-0.2, 0) is 13.6 Å². The monoisotopic (exact) mass is 372 g/mol. The Labute approximate surface area is 156 Å². The highest BCUT2D eigenvalue weighted by Gasteiger charge is 2.25. The van der Waals surface area contributed by atoms with Crippen molar-refractivity contribution in [3.05, 3.63) is 63.6 Å². The third-order valence-electron chi connectivity index (χ3n) is 4.91. The third kappa shape index (κ3) is 3.45. The van der Waals surface area contributed by atoms with E-state index in [-0.39, 0.29) is 11.6 Å². The van der Waals surface area contributed by atoms with E-state index in [1.165, 1.54) is 10.4 Å². The van der Waals surface area contributed by atoms with Crippen LogP contribution in [0.3, 0.4) is 0 Å². The fourth-order valence-corrected chi connectivity index (χ4v) is 3.62. The first-order chi connectivity index (χ1) is 12.6. The van der Waals surface area contributed by atoms with Gasteiger partial charge in [0.05, 0.1) is 11.4 Å². The van der Waals surface area contributed by atoms with Crippen LogP contribution in [0, 0.1) is 0 Å². The van der Waals surface area contributed by atoms with E-state index in [2.05, 4.69) is 20.1 Å². The standard InChI is InChI=1S/C18H21ClN6O/c1-23-16(8-9-20-23)12-24-10-2-3-13(11-24)17-21-18(26)25(22-17)15-6-4-14(19)5-7-15/h4-9,13H,2-3,10-12H2,1H3,(H,21,22,26). The molecule has 1 N–H and O–H groups in total. The maximum absolute atomic E-state index is 12.3. The highest BCUT2D eigenvalue weighted by atomic mass is 35.5. The molecule has 4 rings (SSSR count). The molecule has 1 atom stereocenters. The van der Waals surface area contributed by atoms with E-state index in [0.29, 0.717) is 10.7 Å². The second-order valence-electron chi connectivity index (χ2n) is 6.72. The van der Waals surface area contributed by atoms with E-state index in [4.69, 9.17) is 11.6 Å². The summed E-state index contributed by atoms with van der Waals surface area (Å²) in [5, 5.41) is 9.41. The van der Waals surface area contributed by atoms with Gasteiger partial charge in [-0.15, -0.1) is 5.10 Å². The van der Waals surface area contributed by atoms with Crippen molar-refractivity contribution in [3.8, 4) is 5.69 Å². The highest BCUT2D eigenvalue weighted by molar-refractivity contribution is 6.30. The van der Waals surface area contributed by atoms with E-state index in [9.17, 15) is 4.79 Å². The normalized spacial score (nSPS) is 18.3. The molecule has 136 valence electrons. The van der Waals surface area contributed by atoms with Crippen molar-refractivity contribution in [3.63, 3.8) is 0 Å². The van der Waals surface area contributed by atoms with Gasteiger partial charge in [0.25, 0.3) is 0 Å². The van der Waals surface area contributed by atoms with Crippen LogP contribution >= 0.6 is 11.6 Å². The predicted molar refractivity (Wildman–Crippen MR) is 99.7 cm³/mol. The van der Waals surface area contributed by atoms with E-state index in [0.717, 1.165) is 38.3 Å². The van der Waals surface area contributed by atoms with Crippen LogP contribution in [-0.4, -0.2) is 42.5 Å². The summed E-state index contributed by atoms with van der Waals surface area (Å²) in [4.78, 5) is 17.7. The van der Waals surface area contributed by atoms with Crippen LogP contribution in [0.1, 0.15) is 30.3 Å². The first-order valence-corrected chi connectivity index (χ1v) is 9.12. The highest BCUT2D eigenvalue weighted by Crippen LogP contribution is 2.25.